The minimum atomic E-state index is -0.774. The molecule has 0 heterocycles. The summed E-state index contributed by atoms with van der Waals surface area (Å²) in [7, 11) is 0. The number of carboxylic acid groups (broad SMARTS) is 1. The van der Waals surface area contributed by atoms with Crippen LogP contribution < -0.4 is 0 Å². The number of ether oxygens (including phenoxy) is 1. The van der Waals surface area contributed by atoms with Gasteiger partial charge in [-0.25, -0.2) is 0 Å². The summed E-state index contributed by atoms with van der Waals surface area (Å²) < 4.78 is 5.78. The first kappa shape index (κ1) is 37.4. The van der Waals surface area contributed by atoms with Gasteiger partial charge in [-0.2, -0.15) is 0 Å². The van der Waals surface area contributed by atoms with Gasteiger partial charge in [0.25, 0.3) is 0 Å². The molecule has 1 unspecified atom stereocenters. The van der Waals surface area contributed by atoms with Gasteiger partial charge in [0.1, 0.15) is 6.10 Å². The number of carboxylic acids is 1. The predicted octanol–water partition coefficient (Wildman–Crippen LogP) is 11.3. The molecule has 1 atom stereocenters. The van der Waals surface area contributed by atoms with E-state index in [1.54, 1.807) is 0 Å². The van der Waals surface area contributed by atoms with Crippen LogP contribution in [0.2, 0.25) is 0 Å². The quantitative estimate of drug-likeness (QED) is 0.0550. The molecule has 0 amide bonds. The average Bonchev–Trinajstić information content (AvgIpc) is 2.91. The molecule has 0 radical (unpaired) electrons. The van der Waals surface area contributed by atoms with Crippen molar-refractivity contribution in [1.82, 2.24) is 0 Å². The zero-order valence-electron chi connectivity index (χ0n) is 25.9. The second-order valence-corrected chi connectivity index (χ2v) is 11.3. The summed E-state index contributed by atoms with van der Waals surface area (Å²) in [5.74, 6) is -0.873. The molecular weight excluding hydrogens is 484 g/mol. The van der Waals surface area contributed by atoms with Crippen LogP contribution >= 0.6 is 0 Å². The molecule has 0 aliphatic carbocycles. The lowest BCUT2D eigenvalue weighted by molar-refractivity contribution is -0.150. The fourth-order valence-corrected chi connectivity index (χ4v) is 4.93. The van der Waals surface area contributed by atoms with E-state index in [2.05, 4.69) is 38.2 Å². The summed E-state index contributed by atoms with van der Waals surface area (Å²) in [6, 6.07) is 0. The molecule has 4 heteroatoms. The molecule has 0 rings (SSSR count). The molecule has 0 saturated carbocycles. The summed E-state index contributed by atoms with van der Waals surface area (Å²) in [5, 5.41) is 8.95. The van der Waals surface area contributed by atoms with Gasteiger partial charge in [-0.3, -0.25) is 9.59 Å². The van der Waals surface area contributed by atoms with Crippen molar-refractivity contribution < 1.29 is 19.4 Å². The maximum atomic E-state index is 12.4. The van der Waals surface area contributed by atoms with E-state index in [0.717, 1.165) is 32.1 Å². The van der Waals surface area contributed by atoms with Crippen molar-refractivity contribution in [2.24, 2.45) is 0 Å². The Morgan fingerprint density at radius 1 is 0.564 bits per heavy atom. The minimum Gasteiger partial charge on any atom is -0.481 e. The fraction of sp³-hybridized carbons (Fsp3) is 0.829. The smallest absolute Gasteiger partial charge is 0.306 e. The average molecular weight is 549 g/mol. The molecule has 0 fully saturated rings. The molecule has 0 aromatic carbocycles. The first-order chi connectivity index (χ1) is 19.1. The lowest BCUT2D eigenvalue weighted by atomic mass is 10.0. The Morgan fingerprint density at radius 3 is 1.62 bits per heavy atom. The lowest BCUT2D eigenvalue weighted by Gasteiger charge is -2.18. The molecular formula is C35H64O4. The monoisotopic (exact) mass is 548 g/mol. The Morgan fingerprint density at radius 2 is 1.03 bits per heavy atom. The van der Waals surface area contributed by atoms with Gasteiger partial charge in [0.2, 0.25) is 0 Å². The van der Waals surface area contributed by atoms with E-state index >= 15 is 0 Å². The van der Waals surface area contributed by atoms with Gasteiger partial charge < -0.3 is 9.84 Å². The van der Waals surface area contributed by atoms with Crippen molar-refractivity contribution in [2.75, 3.05) is 0 Å². The zero-order chi connectivity index (χ0) is 28.7. The number of carbonyl (C=O) groups is 2. The Labute approximate surface area is 242 Å². The third-order valence-electron chi connectivity index (χ3n) is 7.43. The second kappa shape index (κ2) is 31.0. The first-order valence-corrected chi connectivity index (χ1v) is 16.8. The van der Waals surface area contributed by atoms with Gasteiger partial charge in [0.05, 0.1) is 0 Å². The summed E-state index contributed by atoms with van der Waals surface area (Å²) in [4.78, 5) is 23.3. The maximum absolute atomic E-state index is 12.4. The van der Waals surface area contributed by atoms with Gasteiger partial charge >= 0.3 is 11.9 Å². The van der Waals surface area contributed by atoms with Crippen molar-refractivity contribution in [1.29, 1.82) is 0 Å². The Hall–Kier alpha value is -1.58. The van der Waals surface area contributed by atoms with Crippen LogP contribution in [0.15, 0.2) is 24.3 Å². The van der Waals surface area contributed by atoms with E-state index in [-0.39, 0.29) is 18.5 Å². The Bertz CT molecular complexity index is 595. The fourth-order valence-electron chi connectivity index (χ4n) is 4.93. The maximum Gasteiger partial charge on any atom is 0.306 e. The third kappa shape index (κ3) is 30.8. The van der Waals surface area contributed by atoms with E-state index < -0.39 is 5.97 Å². The van der Waals surface area contributed by atoms with Crippen molar-refractivity contribution in [3.05, 3.63) is 24.3 Å². The topological polar surface area (TPSA) is 63.6 Å². The van der Waals surface area contributed by atoms with Crippen LogP contribution in [0.1, 0.15) is 181 Å². The standard InChI is InChI=1S/C35H64O4/c1-3-5-7-9-11-13-14-15-16-17-18-19-20-21-23-25-27-32-35(38)39-33(30-28-31-34(36)37)29-26-24-22-12-10-8-6-4-2/h11,13,15-16,33H,3-10,12,14,17-32H2,1-2H3,(H,36,37)/b13-11-,16-15-. The van der Waals surface area contributed by atoms with Crippen molar-refractivity contribution in [3.63, 3.8) is 0 Å². The molecule has 0 aromatic rings. The van der Waals surface area contributed by atoms with E-state index in [1.807, 2.05) is 0 Å². The summed E-state index contributed by atoms with van der Waals surface area (Å²) in [6.45, 7) is 4.49. The highest BCUT2D eigenvalue weighted by molar-refractivity contribution is 5.69. The third-order valence-corrected chi connectivity index (χ3v) is 7.43. The molecule has 39 heavy (non-hydrogen) atoms. The largest absolute Gasteiger partial charge is 0.481 e. The molecule has 0 saturated heterocycles. The minimum absolute atomic E-state index is 0.0996. The van der Waals surface area contributed by atoms with Crippen LogP contribution in [0.5, 0.6) is 0 Å². The van der Waals surface area contributed by atoms with Gasteiger partial charge in [0.15, 0.2) is 0 Å². The molecule has 4 nitrogen and oxygen atoms in total. The highest BCUT2D eigenvalue weighted by Gasteiger charge is 2.15. The van der Waals surface area contributed by atoms with Crippen molar-refractivity contribution in [3.8, 4) is 0 Å². The normalized spacial score (nSPS) is 12.5. The number of carbonyl (C=O) groups excluding carboxylic acids is 1. The van der Waals surface area contributed by atoms with E-state index in [1.165, 1.54) is 109 Å². The number of aliphatic carboxylic acids is 1. The number of hydrogen-bond donors (Lipinski definition) is 1. The van der Waals surface area contributed by atoms with Crippen LogP contribution in [0.25, 0.3) is 0 Å². The highest BCUT2D eigenvalue weighted by Crippen LogP contribution is 2.17. The molecule has 0 spiro atoms. The second-order valence-electron chi connectivity index (χ2n) is 11.3. The number of esters is 1. The van der Waals surface area contributed by atoms with Crippen LogP contribution in [0.4, 0.5) is 0 Å². The van der Waals surface area contributed by atoms with Crippen LogP contribution in [0.3, 0.4) is 0 Å². The van der Waals surface area contributed by atoms with Crippen molar-refractivity contribution in [2.45, 2.75) is 187 Å². The van der Waals surface area contributed by atoms with E-state index in [4.69, 9.17) is 9.84 Å². The Balaban J connectivity index is 3.80. The summed E-state index contributed by atoms with van der Waals surface area (Å²) in [6.07, 6.45) is 37.6. The number of unbranched alkanes of at least 4 members (excludes halogenated alkanes) is 17. The molecule has 0 bridgehead atoms. The zero-order valence-corrected chi connectivity index (χ0v) is 25.9. The molecule has 0 aliphatic heterocycles. The highest BCUT2D eigenvalue weighted by atomic mass is 16.5. The van der Waals surface area contributed by atoms with Crippen molar-refractivity contribution >= 4 is 11.9 Å². The lowest BCUT2D eigenvalue weighted by Crippen LogP contribution is -2.18. The first-order valence-electron chi connectivity index (χ1n) is 16.8. The molecule has 0 aliphatic rings. The van der Waals surface area contributed by atoms with Gasteiger partial charge in [-0.15, -0.1) is 0 Å². The SMILES string of the molecule is CCCCC/C=C\C/C=C\CCCCCCCCCC(=O)OC(CCCCCCCCCC)CCCC(=O)O. The van der Waals surface area contributed by atoms with Gasteiger partial charge in [-0.1, -0.05) is 128 Å². The molecule has 1 N–H and O–H groups in total. The predicted molar refractivity (Wildman–Crippen MR) is 167 cm³/mol. The Kier molecular flexibility index (Phi) is 29.7. The number of hydrogen-bond acceptors (Lipinski definition) is 3. The molecule has 228 valence electrons. The van der Waals surface area contributed by atoms with Crippen LogP contribution in [-0.2, 0) is 14.3 Å². The van der Waals surface area contributed by atoms with Crippen LogP contribution in [-0.4, -0.2) is 23.1 Å². The van der Waals surface area contributed by atoms with E-state index in [0.29, 0.717) is 19.3 Å². The number of allylic oxidation sites excluding steroid dienone is 4. The van der Waals surface area contributed by atoms with E-state index in [9.17, 15) is 9.59 Å². The van der Waals surface area contributed by atoms with Gasteiger partial charge in [-0.05, 0) is 64.2 Å². The molecule has 0 aromatic heterocycles. The van der Waals surface area contributed by atoms with Crippen LogP contribution in [0, 0.1) is 0 Å². The summed E-state index contributed by atoms with van der Waals surface area (Å²) >= 11 is 0. The number of rotatable bonds is 30. The summed E-state index contributed by atoms with van der Waals surface area (Å²) in [5.41, 5.74) is 0. The van der Waals surface area contributed by atoms with Gasteiger partial charge in [0, 0.05) is 12.8 Å².